The highest BCUT2D eigenvalue weighted by atomic mass is 16.6. The van der Waals surface area contributed by atoms with Crippen LogP contribution < -0.4 is 5.90 Å². The van der Waals surface area contributed by atoms with Crippen LogP contribution in [0.15, 0.2) is 0 Å². The molecule has 1 aliphatic rings. The first kappa shape index (κ1) is 7.03. The van der Waals surface area contributed by atoms with Crippen molar-refractivity contribution in [1.29, 1.82) is 0 Å². The Hall–Kier alpha value is -0.0800. The summed E-state index contributed by atoms with van der Waals surface area (Å²) < 4.78 is 0. The molecule has 1 fully saturated rings. The molecule has 0 aliphatic heterocycles. The summed E-state index contributed by atoms with van der Waals surface area (Å²) in [4.78, 5) is 4.61. The second-order valence-electron chi connectivity index (χ2n) is 3.57. The first-order valence-corrected chi connectivity index (χ1v) is 3.48. The second-order valence-corrected chi connectivity index (χ2v) is 3.57. The standard InChI is InChI=1S/C7H15NO/c1-7(2,5-9-8)6-3-4-6/h6H,3-5,8H2,1-2H3. The molecule has 2 heteroatoms. The molecule has 54 valence electrons. The molecule has 2 nitrogen and oxygen atoms in total. The molecule has 1 aliphatic carbocycles. The van der Waals surface area contributed by atoms with Crippen LogP contribution in [0.5, 0.6) is 0 Å². The Morgan fingerprint density at radius 3 is 2.44 bits per heavy atom. The molecular weight excluding hydrogens is 114 g/mol. The van der Waals surface area contributed by atoms with Crippen molar-refractivity contribution in [3.63, 3.8) is 0 Å². The monoisotopic (exact) mass is 129 g/mol. The average molecular weight is 129 g/mol. The van der Waals surface area contributed by atoms with Crippen LogP contribution in [-0.4, -0.2) is 6.61 Å². The highest BCUT2D eigenvalue weighted by Gasteiger charge is 2.37. The number of nitrogens with two attached hydrogens (primary N) is 1. The average Bonchev–Trinajstić information content (AvgIpc) is 2.41. The zero-order valence-corrected chi connectivity index (χ0v) is 6.18. The van der Waals surface area contributed by atoms with E-state index in [0.29, 0.717) is 12.0 Å². The summed E-state index contributed by atoms with van der Waals surface area (Å²) in [6.45, 7) is 5.10. The smallest absolute Gasteiger partial charge is 0.0732 e. The highest BCUT2D eigenvalue weighted by Crippen LogP contribution is 2.44. The van der Waals surface area contributed by atoms with Crippen LogP contribution in [0.25, 0.3) is 0 Å². The van der Waals surface area contributed by atoms with Gasteiger partial charge < -0.3 is 4.84 Å². The molecular formula is C7H15NO. The third-order valence-electron chi connectivity index (χ3n) is 2.14. The quantitative estimate of drug-likeness (QED) is 0.583. The maximum Gasteiger partial charge on any atom is 0.0732 e. The Balaban J connectivity index is 2.30. The fraction of sp³-hybridized carbons (Fsp3) is 1.00. The summed E-state index contributed by atoms with van der Waals surface area (Å²) in [6.07, 6.45) is 2.72. The third kappa shape index (κ3) is 1.66. The number of hydrogen-bond donors (Lipinski definition) is 1. The lowest BCUT2D eigenvalue weighted by atomic mass is 9.89. The summed E-state index contributed by atoms with van der Waals surface area (Å²) in [5, 5.41) is 0. The largest absolute Gasteiger partial charge is 0.304 e. The van der Waals surface area contributed by atoms with Gasteiger partial charge in [0.2, 0.25) is 0 Å². The van der Waals surface area contributed by atoms with E-state index >= 15 is 0 Å². The van der Waals surface area contributed by atoms with Gasteiger partial charge in [-0.25, -0.2) is 5.90 Å². The van der Waals surface area contributed by atoms with Crippen molar-refractivity contribution in [2.45, 2.75) is 26.7 Å². The summed E-state index contributed by atoms with van der Waals surface area (Å²) in [5.74, 6) is 5.84. The Morgan fingerprint density at radius 2 is 2.11 bits per heavy atom. The Labute approximate surface area is 56.3 Å². The SMILES string of the molecule is CC(C)(CON)C1CC1. The lowest BCUT2D eigenvalue weighted by Gasteiger charge is -2.21. The first-order chi connectivity index (χ1) is 4.17. The molecule has 1 saturated carbocycles. The van der Waals surface area contributed by atoms with Gasteiger partial charge in [-0.3, -0.25) is 0 Å². The van der Waals surface area contributed by atoms with Gasteiger partial charge in [-0.15, -0.1) is 0 Å². The molecule has 1 rings (SSSR count). The molecule has 0 aromatic heterocycles. The fourth-order valence-electron chi connectivity index (χ4n) is 1.20. The molecule has 0 unspecified atom stereocenters. The fourth-order valence-corrected chi connectivity index (χ4v) is 1.20. The van der Waals surface area contributed by atoms with Crippen LogP contribution in [0.2, 0.25) is 0 Å². The van der Waals surface area contributed by atoms with Crippen LogP contribution in [0.1, 0.15) is 26.7 Å². The van der Waals surface area contributed by atoms with Gasteiger partial charge in [0.15, 0.2) is 0 Å². The summed E-state index contributed by atoms with van der Waals surface area (Å²) in [7, 11) is 0. The molecule has 0 heterocycles. The van der Waals surface area contributed by atoms with Crippen LogP contribution in [0.3, 0.4) is 0 Å². The van der Waals surface area contributed by atoms with E-state index in [1.165, 1.54) is 12.8 Å². The maximum absolute atomic E-state index is 4.98. The lowest BCUT2D eigenvalue weighted by molar-refractivity contribution is 0.0509. The molecule has 9 heavy (non-hydrogen) atoms. The van der Waals surface area contributed by atoms with E-state index in [4.69, 9.17) is 5.90 Å². The van der Waals surface area contributed by atoms with E-state index in [2.05, 4.69) is 18.7 Å². The molecule has 0 radical (unpaired) electrons. The van der Waals surface area contributed by atoms with Crippen molar-refractivity contribution in [1.82, 2.24) is 0 Å². The number of rotatable bonds is 3. The van der Waals surface area contributed by atoms with Gasteiger partial charge in [0, 0.05) is 0 Å². The van der Waals surface area contributed by atoms with E-state index in [-0.39, 0.29) is 0 Å². The molecule has 0 bridgehead atoms. The summed E-state index contributed by atoms with van der Waals surface area (Å²) in [6, 6.07) is 0. The van der Waals surface area contributed by atoms with Gasteiger partial charge in [0.25, 0.3) is 0 Å². The Kier molecular flexibility index (Phi) is 1.78. The second kappa shape index (κ2) is 2.27. The van der Waals surface area contributed by atoms with Crippen molar-refractivity contribution < 1.29 is 4.84 Å². The van der Waals surface area contributed by atoms with E-state index in [1.54, 1.807) is 0 Å². The van der Waals surface area contributed by atoms with Gasteiger partial charge in [0.1, 0.15) is 0 Å². The van der Waals surface area contributed by atoms with Crippen molar-refractivity contribution in [2.24, 2.45) is 17.2 Å². The molecule has 2 N–H and O–H groups in total. The van der Waals surface area contributed by atoms with Crippen molar-refractivity contribution >= 4 is 0 Å². The minimum atomic E-state index is 0.314. The predicted octanol–water partition coefficient (Wildman–Crippen LogP) is 1.31. The zero-order chi connectivity index (χ0) is 6.91. The maximum atomic E-state index is 4.98. The van der Waals surface area contributed by atoms with Crippen molar-refractivity contribution in [3.8, 4) is 0 Å². The normalized spacial score (nSPS) is 20.3. The van der Waals surface area contributed by atoms with Gasteiger partial charge in [-0.2, -0.15) is 0 Å². The Bertz CT molecular complexity index is 97.1. The van der Waals surface area contributed by atoms with E-state index < -0.39 is 0 Å². The predicted molar refractivity (Wildman–Crippen MR) is 36.6 cm³/mol. The topological polar surface area (TPSA) is 35.2 Å². The summed E-state index contributed by atoms with van der Waals surface area (Å²) in [5.41, 5.74) is 0.314. The molecule has 0 aromatic rings. The van der Waals surface area contributed by atoms with Crippen molar-refractivity contribution in [3.05, 3.63) is 0 Å². The molecule has 0 aromatic carbocycles. The lowest BCUT2D eigenvalue weighted by Crippen LogP contribution is -2.23. The molecule has 0 saturated heterocycles. The van der Waals surface area contributed by atoms with Gasteiger partial charge >= 0.3 is 0 Å². The zero-order valence-electron chi connectivity index (χ0n) is 6.18. The van der Waals surface area contributed by atoms with E-state index in [0.717, 1.165) is 5.92 Å². The van der Waals surface area contributed by atoms with Crippen LogP contribution in [-0.2, 0) is 4.84 Å². The van der Waals surface area contributed by atoms with E-state index in [1.807, 2.05) is 0 Å². The van der Waals surface area contributed by atoms with Gasteiger partial charge in [-0.05, 0) is 24.2 Å². The minimum absolute atomic E-state index is 0.314. The molecule has 0 spiro atoms. The summed E-state index contributed by atoms with van der Waals surface area (Å²) >= 11 is 0. The first-order valence-electron chi connectivity index (χ1n) is 3.48. The van der Waals surface area contributed by atoms with Gasteiger partial charge in [0.05, 0.1) is 6.61 Å². The molecule has 0 atom stereocenters. The van der Waals surface area contributed by atoms with E-state index in [9.17, 15) is 0 Å². The Morgan fingerprint density at radius 1 is 1.56 bits per heavy atom. The number of hydrogen-bond acceptors (Lipinski definition) is 2. The third-order valence-corrected chi connectivity index (χ3v) is 2.14. The minimum Gasteiger partial charge on any atom is -0.304 e. The van der Waals surface area contributed by atoms with Crippen LogP contribution in [0, 0.1) is 11.3 Å². The van der Waals surface area contributed by atoms with Crippen LogP contribution in [0.4, 0.5) is 0 Å². The van der Waals surface area contributed by atoms with Crippen LogP contribution >= 0.6 is 0 Å². The van der Waals surface area contributed by atoms with Crippen molar-refractivity contribution in [2.75, 3.05) is 6.61 Å². The van der Waals surface area contributed by atoms with Gasteiger partial charge in [-0.1, -0.05) is 13.8 Å². The molecule has 0 amide bonds. The highest BCUT2D eigenvalue weighted by molar-refractivity contribution is 4.87.